The number of aliphatic hydroxyl groups is 1. The third-order valence-electron chi connectivity index (χ3n) is 5.12. The van der Waals surface area contributed by atoms with Crippen LogP contribution in [0.15, 0.2) is 48.5 Å². The summed E-state index contributed by atoms with van der Waals surface area (Å²) in [5.41, 5.74) is 5.14. The van der Waals surface area contributed by atoms with E-state index in [0.717, 1.165) is 19.4 Å². The molecule has 1 heterocycles. The Morgan fingerprint density at radius 2 is 1.96 bits per heavy atom. The fourth-order valence-corrected chi connectivity index (χ4v) is 3.71. The van der Waals surface area contributed by atoms with E-state index < -0.39 is 6.10 Å². The quantitative estimate of drug-likeness (QED) is 0.840. The first-order chi connectivity index (χ1) is 12.6. The fourth-order valence-electron chi connectivity index (χ4n) is 3.71. The molecule has 0 fully saturated rings. The summed E-state index contributed by atoms with van der Waals surface area (Å²) >= 11 is 0. The molecule has 1 amide bonds. The summed E-state index contributed by atoms with van der Waals surface area (Å²) in [7, 11) is 0. The van der Waals surface area contributed by atoms with Crippen molar-refractivity contribution in [3.63, 3.8) is 0 Å². The molecular formula is C22H28N2O2. The maximum Gasteiger partial charge on any atom is 0.237 e. The zero-order valence-corrected chi connectivity index (χ0v) is 15.6. The molecule has 0 saturated carbocycles. The predicted molar refractivity (Wildman–Crippen MR) is 104 cm³/mol. The van der Waals surface area contributed by atoms with Crippen molar-refractivity contribution < 1.29 is 9.90 Å². The van der Waals surface area contributed by atoms with Crippen molar-refractivity contribution in [2.24, 2.45) is 0 Å². The number of amides is 1. The minimum absolute atomic E-state index is 0.0573. The Hall–Kier alpha value is -2.17. The minimum atomic E-state index is -0.451. The van der Waals surface area contributed by atoms with Crippen LogP contribution in [0.25, 0.3) is 0 Å². The van der Waals surface area contributed by atoms with Crippen LogP contribution in [0.3, 0.4) is 0 Å². The highest BCUT2D eigenvalue weighted by Gasteiger charge is 2.30. The third kappa shape index (κ3) is 4.32. The number of hydrogen-bond donors (Lipinski definition) is 2. The van der Waals surface area contributed by atoms with Gasteiger partial charge in [0.05, 0.1) is 18.7 Å². The Kier molecular flexibility index (Phi) is 6.07. The number of aryl methyl sites for hydroxylation is 1. The standard InChI is InChI=1S/C22H28N2O2/c1-16-7-3-4-9-19(16)13-21-20-10-6-5-8-18(20)11-12-24(21)22(26)15-23-14-17(2)25/h3-10,17,21,23,25H,11-15H2,1-2H3/t17-,21?/m1/s1. The summed E-state index contributed by atoms with van der Waals surface area (Å²) in [6, 6.07) is 16.9. The molecule has 0 spiro atoms. The SMILES string of the molecule is Cc1ccccc1CC1c2ccccc2CCN1C(=O)CNC[C@@H](C)O. The van der Waals surface area contributed by atoms with Gasteiger partial charge in [0.2, 0.25) is 5.91 Å². The minimum Gasteiger partial charge on any atom is -0.392 e. The molecule has 0 bridgehead atoms. The van der Waals surface area contributed by atoms with E-state index >= 15 is 0 Å². The Morgan fingerprint density at radius 3 is 2.73 bits per heavy atom. The number of aliphatic hydroxyl groups excluding tert-OH is 1. The molecule has 0 radical (unpaired) electrons. The van der Waals surface area contributed by atoms with E-state index in [4.69, 9.17) is 0 Å². The van der Waals surface area contributed by atoms with Gasteiger partial charge in [-0.2, -0.15) is 0 Å². The van der Waals surface area contributed by atoms with E-state index in [1.165, 1.54) is 22.3 Å². The van der Waals surface area contributed by atoms with Gasteiger partial charge in [-0.05, 0) is 48.9 Å². The molecule has 2 atom stereocenters. The first-order valence-electron chi connectivity index (χ1n) is 9.37. The highest BCUT2D eigenvalue weighted by atomic mass is 16.3. The predicted octanol–water partition coefficient (Wildman–Crippen LogP) is 2.63. The van der Waals surface area contributed by atoms with Crippen LogP contribution in [0.2, 0.25) is 0 Å². The van der Waals surface area contributed by atoms with Gasteiger partial charge in [-0.25, -0.2) is 0 Å². The molecule has 4 heteroatoms. The number of carbonyl (C=O) groups excluding carboxylic acids is 1. The number of nitrogens with one attached hydrogen (secondary N) is 1. The monoisotopic (exact) mass is 352 g/mol. The number of fused-ring (bicyclic) bond motifs is 1. The second-order valence-corrected chi connectivity index (χ2v) is 7.16. The van der Waals surface area contributed by atoms with Crippen LogP contribution in [-0.4, -0.2) is 41.7 Å². The molecule has 1 unspecified atom stereocenters. The van der Waals surface area contributed by atoms with Crippen molar-refractivity contribution in [1.29, 1.82) is 0 Å². The van der Waals surface area contributed by atoms with Crippen molar-refractivity contribution >= 4 is 5.91 Å². The van der Waals surface area contributed by atoms with Crippen molar-refractivity contribution in [2.45, 2.75) is 38.8 Å². The number of carbonyl (C=O) groups is 1. The molecule has 2 aromatic rings. The van der Waals surface area contributed by atoms with Crippen molar-refractivity contribution in [3.8, 4) is 0 Å². The zero-order chi connectivity index (χ0) is 18.5. The van der Waals surface area contributed by atoms with Crippen LogP contribution in [0.1, 0.15) is 35.2 Å². The van der Waals surface area contributed by atoms with Gasteiger partial charge in [0.25, 0.3) is 0 Å². The second kappa shape index (κ2) is 8.47. The molecular weight excluding hydrogens is 324 g/mol. The van der Waals surface area contributed by atoms with Crippen LogP contribution in [-0.2, 0) is 17.6 Å². The average Bonchev–Trinajstić information content (AvgIpc) is 2.63. The van der Waals surface area contributed by atoms with Crippen molar-refractivity contribution in [2.75, 3.05) is 19.6 Å². The summed E-state index contributed by atoms with van der Waals surface area (Å²) in [6.07, 6.45) is 1.27. The molecule has 26 heavy (non-hydrogen) atoms. The molecule has 2 aromatic carbocycles. The average molecular weight is 352 g/mol. The number of benzene rings is 2. The van der Waals surface area contributed by atoms with E-state index in [1.54, 1.807) is 6.92 Å². The van der Waals surface area contributed by atoms with E-state index in [9.17, 15) is 9.90 Å². The second-order valence-electron chi connectivity index (χ2n) is 7.16. The van der Waals surface area contributed by atoms with Gasteiger partial charge in [0.15, 0.2) is 0 Å². The summed E-state index contributed by atoms with van der Waals surface area (Å²) in [5.74, 6) is 0.0961. The van der Waals surface area contributed by atoms with Gasteiger partial charge >= 0.3 is 0 Å². The lowest BCUT2D eigenvalue weighted by Gasteiger charge is -2.38. The first-order valence-corrected chi connectivity index (χ1v) is 9.37. The van der Waals surface area contributed by atoms with Crippen LogP contribution in [0.4, 0.5) is 0 Å². The maximum absolute atomic E-state index is 12.9. The lowest BCUT2D eigenvalue weighted by atomic mass is 9.87. The van der Waals surface area contributed by atoms with Crippen molar-refractivity contribution in [3.05, 3.63) is 70.8 Å². The smallest absolute Gasteiger partial charge is 0.237 e. The van der Waals surface area contributed by atoms with Crippen LogP contribution in [0.5, 0.6) is 0 Å². The Morgan fingerprint density at radius 1 is 1.23 bits per heavy atom. The Labute approximate surface area is 155 Å². The van der Waals surface area contributed by atoms with Crippen molar-refractivity contribution in [1.82, 2.24) is 10.2 Å². The van der Waals surface area contributed by atoms with E-state index in [2.05, 4.69) is 60.8 Å². The molecule has 3 rings (SSSR count). The molecule has 0 aromatic heterocycles. The lowest BCUT2D eigenvalue weighted by molar-refractivity contribution is -0.133. The largest absolute Gasteiger partial charge is 0.392 e. The van der Waals surface area contributed by atoms with E-state index in [1.807, 2.05) is 4.90 Å². The van der Waals surface area contributed by atoms with Gasteiger partial charge in [-0.1, -0.05) is 48.5 Å². The summed E-state index contributed by atoms with van der Waals surface area (Å²) in [5, 5.41) is 12.5. The van der Waals surface area contributed by atoms with E-state index in [0.29, 0.717) is 6.54 Å². The van der Waals surface area contributed by atoms with Crippen LogP contribution >= 0.6 is 0 Å². The fraction of sp³-hybridized carbons (Fsp3) is 0.409. The van der Waals surface area contributed by atoms with Gasteiger partial charge in [0.1, 0.15) is 0 Å². The van der Waals surface area contributed by atoms with E-state index in [-0.39, 0.29) is 18.5 Å². The maximum atomic E-state index is 12.9. The molecule has 0 aliphatic carbocycles. The first kappa shape index (κ1) is 18.6. The van der Waals surface area contributed by atoms with Gasteiger partial charge in [-0.3, -0.25) is 4.79 Å². The third-order valence-corrected chi connectivity index (χ3v) is 5.12. The molecule has 138 valence electrons. The lowest BCUT2D eigenvalue weighted by Crippen LogP contribution is -2.45. The van der Waals surface area contributed by atoms with Crippen LogP contribution in [0, 0.1) is 6.92 Å². The number of nitrogens with zero attached hydrogens (tertiary/aromatic N) is 1. The highest BCUT2D eigenvalue weighted by Crippen LogP contribution is 2.33. The number of hydrogen-bond acceptors (Lipinski definition) is 3. The summed E-state index contributed by atoms with van der Waals surface area (Å²) in [4.78, 5) is 14.9. The van der Waals surface area contributed by atoms with Gasteiger partial charge in [-0.15, -0.1) is 0 Å². The Balaban J connectivity index is 1.83. The molecule has 2 N–H and O–H groups in total. The topological polar surface area (TPSA) is 52.6 Å². The Bertz CT molecular complexity index is 757. The van der Waals surface area contributed by atoms with Gasteiger partial charge in [0, 0.05) is 13.1 Å². The summed E-state index contributed by atoms with van der Waals surface area (Å²) in [6.45, 7) is 5.27. The summed E-state index contributed by atoms with van der Waals surface area (Å²) < 4.78 is 0. The number of rotatable bonds is 6. The molecule has 1 aliphatic heterocycles. The van der Waals surface area contributed by atoms with Crippen LogP contribution < -0.4 is 5.32 Å². The zero-order valence-electron chi connectivity index (χ0n) is 15.6. The highest BCUT2D eigenvalue weighted by molar-refractivity contribution is 5.79. The molecule has 1 aliphatic rings. The van der Waals surface area contributed by atoms with Gasteiger partial charge < -0.3 is 15.3 Å². The molecule has 0 saturated heterocycles. The molecule has 4 nitrogen and oxygen atoms in total. The normalized spacial score (nSPS) is 17.7.